The first-order chi connectivity index (χ1) is 14.5. The predicted octanol–water partition coefficient (Wildman–Crippen LogP) is 3.91. The second-order valence-corrected chi connectivity index (χ2v) is 8.35. The van der Waals surface area contributed by atoms with Gasteiger partial charge in [0, 0.05) is 36.2 Å². The molecule has 1 saturated heterocycles. The molecule has 2 amide bonds. The van der Waals surface area contributed by atoms with Gasteiger partial charge in [0.25, 0.3) is 11.8 Å². The highest BCUT2D eigenvalue weighted by atomic mass is 35.5. The highest BCUT2D eigenvalue weighted by Crippen LogP contribution is 2.33. The van der Waals surface area contributed by atoms with Crippen LogP contribution in [0.25, 0.3) is 5.57 Å². The number of hydrogen-bond donors (Lipinski definition) is 0. The van der Waals surface area contributed by atoms with Crippen LogP contribution < -0.4 is 0 Å². The van der Waals surface area contributed by atoms with Gasteiger partial charge >= 0.3 is 0 Å². The Morgan fingerprint density at radius 1 is 0.800 bits per heavy atom. The minimum Gasteiger partial charge on any atom is -0.364 e. The average Bonchev–Trinajstić information content (AvgIpc) is 3.00. The molecule has 2 aromatic rings. The van der Waals surface area contributed by atoms with Crippen LogP contribution in [0.5, 0.6) is 0 Å². The maximum absolute atomic E-state index is 13.4. The second kappa shape index (κ2) is 8.80. The molecule has 2 heterocycles. The number of nitrogens with zero attached hydrogens (tertiary/aromatic N) is 3. The van der Waals surface area contributed by atoms with E-state index in [0.717, 1.165) is 25.2 Å². The van der Waals surface area contributed by atoms with Crippen molar-refractivity contribution in [3.05, 3.63) is 75.4 Å². The lowest BCUT2D eigenvalue weighted by Crippen LogP contribution is -2.47. The molecule has 5 nitrogen and oxygen atoms in total. The van der Waals surface area contributed by atoms with E-state index in [4.69, 9.17) is 23.2 Å². The molecule has 0 bridgehead atoms. The van der Waals surface area contributed by atoms with Gasteiger partial charge in [-0.2, -0.15) is 0 Å². The smallest absolute Gasteiger partial charge is 0.278 e. The quantitative estimate of drug-likeness (QED) is 0.656. The van der Waals surface area contributed by atoms with Gasteiger partial charge in [0.15, 0.2) is 0 Å². The molecule has 0 aromatic heterocycles. The van der Waals surface area contributed by atoms with Gasteiger partial charge in [0.2, 0.25) is 0 Å². The minimum absolute atomic E-state index is 0.213. The number of carbonyl (C=O) groups is 2. The monoisotopic (exact) mass is 443 g/mol. The van der Waals surface area contributed by atoms with Crippen LogP contribution in [0.2, 0.25) is 10.0 Å². The largest absolute Gasteiger partial charge is 0.364 e. The predicted molar refractivity (Wildman–Crippen MR) is 119 cm³/mol. The first kappa shape index (κ1) is 20.9. The highest BCUT2D eigenvalue weighted by Gasteiger charge is 2.42. The lowest BCUT2D eigenvalue weighted by Gasteiger charge is -2.36. The van der Waals surface area contributed by atoms with E-state index >= 15 is 0 Å². The molecule has 156 valence electrons. The van der Waals surface area contributed by atoms with Crippen LogP contribution in [0.3, 0.4) is 0 Å². The van der Waals surface area contributed by atoms with Crippen molar-refractivity contribution >= 4 is 40.6 Å². The number of hydrogen-bond acceptors (Lipinski definition) is 4. The fraction of sp³-hybridized carbons (Fsp3) is 0.304. The van der Waals surface area contributed by atoms with E-state index in [1.54, 1.807) is 36.4 Å². The topological polar surface area (TPSA) is 43.9 Å². The van der Waals surface area contributed by atoms with E-state index in [2.05, 4.69) is 16.7 Å². The van der Waals surface area contributed by atoms with Crippen molar-refractivity contribution in [3.8, 4) is 0 Å². The van der Waals surface area contributed by atoms with Crippen LogP contribution in [0.1, 0.15) is 18.1 Å². The summed E-state index contributed by atoms with van der Waals surface area (Å²) in [6.07, 6.45) is 0. The van der Waals surface area contributed by atoms with Crippen LogP contribution in [-0.2, 0) is 16.1 Å². The third-order valence-electron chi connectivity index (χ3n) is 5.67. The van der Waals surface area contributed by atoms with Gasteiger partial charge in [-0.25, -0.2) is 0 Å². The molecule has 2 aliphatic rings. The summed E-state index contributed by atoms with van der Waals surface area (Å²) in [5, 5.41) is 1.21. The van der Waals surface area contributed by atoms with Crippen LogP contribution in [0, 0.1) is 0 Å². The Morgan fingerprint density at radius 2 is 1.37 bits per heavy atom. The zero-order valence-corrected chi connectivity index (χ0v) is 18.3. The molecule has 1 fully saturated rings. The fourth-order valence-corrected chi connectivity index (χ4v) is 4.19. The normalized spacial score (nSPS) is 18.0. The maximum atomic E-state index is 13.4. The van der Waals surface area contributed by atoms with Crippen LogP contribution in [-0.4, -0.2) is 59.2 Å². The molecule has 0 aliphatic carbocycles. The molecule has 0 radical (unpaired) electrons. The molecule has 0 spiro atoms. The third kappa shape index (κ3) is 4.10. The summed E-state index contributed by atoms with van der Waals surface area (Å²) >= 11 is 12.0. The molecule has 7 heteroatoms. The molecular formula is C23H23Cl2N3O2. The Bertz CT molecular complexity index is 979. The average molecular weight is 444 g/mol. The van der Waals surface area contributed by atoms with Crippen molar-refractivity contribution in [1.82, 2.24) is 14.7 Å². The first-order valence-corrected chi connectivity index (χ1v) is 10.8. The summed E-state index contributed by atoms with van der Waals surface area (Å²) in [4.78, 5) is 32.5. The molecule has 4 rings (SSSR count). The number of rotatable bonds is 5. The van der Waals surface area contributed by atoms with Crippen molar-refractivity contribution in [2.75, 3.05) is 32.7 Å². The van der Waals surface area contributed by atoms with E-state index in [1.165, 1.54) is 4.90 Å². The van der Waals surface area contributed by atoms with Gasteiger partial charge in [-0.3, -0.25) is 14.5 Å². The summed E-state index contributed by atoms with van der Waals surface area (Å²) in [5.41, 5.74) is 2.51. The van der Waals surface area contributed by atoms with E-state index in [-0.39, 0.29) is 18.4 Å². The summed E-state index contributed by atoms with van der Waals surface area (Å²) in [6.45, 7) is 6.49. The van der Waals surface area contributed by atoms with Gasteiger partial charge in [-0.15, -0.1) is 0 Å². The van der Waals surface area contributed by atoms with Crippen LogP contribution >= 0.6 is 23.2 Å². The van der Waals surface area contributed by atoms with Crippen molar-refractivity contribution in [1.29, 1.82) is 0 Å². The summed E-state index contributed by atoms with van der Waals surface area (Å²) in [6, 6.07) is 14.3. The van der Waals surface area contributed by atoms with Gasteiger partial charge in [-0.1, -0.05) is 54.4 Å². The molecule has 30 heavy (non-hydrogen) atoms. The van der Waals surface area contributed by atoms with Gasteiger partial charge in [0.05, 0.1) is 12.1 Å². The molecule has 0 unspecified atom stereocenters. The van der Waals surface area contributed by atoms with E-state index < -0.39 is 0 Å². The summed E-state index contributed by atoms with van der Waals surface area (Å²) < 4.78 is 0. The van der Waals surface area contributed by atoms with Gasteiger partial charge < -0.3 is 9.80 Å². The maximum Gasteiger partial charge on any atom is 0.278 e. The zero-order chi connectivity index (χ0) is 21.3. The first-order valence-electron chi connectivity index (χ1n) is 10.1. The van der Waals surface area contributed by atoms with Crippen molar-refractivity contribution in [3.63, 3.8) is 0 Å². The minimum atomic E-state index is -0.273. The second-order valence-electron chi connectivity index (χ2n) is 7.47. The lowest BCUT2D eigenvalue weighted by molar-refractivity contribution is -0.138. The van der Waals surface area contributed by atoms with E-state index in [0.29, 0.717) is 40.0 Å². The SMILES string of the molecule is CCN1CCN(C2=C(c3ccc(Cl)cc3)C(=O)N(Cc3ccc(Cl)cc3)C2=O)CC1. The zero-order valence-electron chi connectivity index (χ0n) is 16.8. The Morgan fingerprint density at radius 3 is 1.93 bits per heavy atom. The number of piperazine rings is 1. The summed E-state index contributed by atoms with van der Waals surface area (Å²) in [5.74, 6) is -0.518. The molecular weight excluding hydrogens is 421 g/mol. The van der Waals surface area contributed by atoms with Gasteiger partial charge in [0.1, 0.15) is 5.70 Å². The number of imide groups is 1. The number of halogens is 2. The van der Waals surface area contributed by atoms with Crippen LogP contribution in [0.15, 0.2) is 54.2 Å². The Hall–Kier alpha value is -2.34. The number of amides is 2. The molecule has 0 saturated carbocycles. The van der Waals surface area contributed by atoms with Crippen LogP contribution in [0.4, 0.5) is 0 Å². The lowest BCUT2D eigenvalue weighted by atomic mass is 10.0. The molecule has 0 N–H and O–H groups in total. The fourth-order valence-electron chi connectivity index (χ4n) is 3.94. The van der Waals surface area contributed by atoms with Crippen molar-refractivity contribution < 1.29 is 9.59 Å². The molecule has 0 atom stereocenters. The number of carbonyl (C=O) groups excluding carboxylic acids is 2. The number of benzene rings is 2. The number of likely N-dealkylation sites (N-methyl/N-ethyl adjacent to an activating group) is 1. The Kier molecular flexibility index (Phi) is 6.14. The standard InChI is InChI=1S/C23H23Cl2N3O2/c1-2-26-11-13-27(14-12-26)21-20(17-5-9-19(25)10-6-17)22(29)28(23(21)30)15-16-3-7-18(24)8-4-16/h3-10H,2,11-15H2,1H3. The van der Waals surface area contributed by atoms with Gasteiger partial charge in [-0.05, 0) is 41.9 Å². The van der Waals surface area contributed by atoms with E-state index in [9.17, 15) is 9.59 Å². The third-order valence-corrected chi connectivity index (χ3v) is 6.17. The van der Waals surface area contributed by atoms with Crippen molar-refractivity contribution in [2.24, 2.45) is 0 Å². The Balaban J connectivity index is 1.69. The molecule has 2 aliphatic heterocycles. The molecule has 2 aromatic carbocycles. The Labute approximate surface area is 186 Å². The highest BCUT2D eigenvalue weighted by molar-refractivity contribution is 6.36. The van der Waals surface area contributed by atoms with Crippen molar-refractivity contribution in [2.45, 2.75) is 13.5 Å². The van der Waals surface area contributed by atoms with E-state index in [1.807, 2.05) is 12.1 Å². The summed E-state index contributed by atoms with van der Waals surface area (Å²) in [7, 11) is 0.